The van der Waals surface area contributed by atoms with E-state index in [0.29, 0.717) is 5.75 Å². The molecule has 0 saturated carbocycles. The first kappa shape index (κ1) is 12.1. The van der Waals surface area contributed by atoms with Crippen LogP contribution in [0.25, 0.3) is 0 Å². The Kier molecular flexibility index (Phi) is 3.35. The zero-order valence-corrected chi connectivity index (χ0v) is 12.3. The minimum absolute atomic E-state index is 0.707. The average Bonchev–Trinajstić information content (AvgIpc) is 2.93. The summed E-state index contributed by atoms with van der Waals surface area (Å²) < 4.78 is 2.78. The van der Waals surface area contributed by atoms with Crippen LogP contribution < -0.4 is 0 Å². The van der Waals surface area contributed by atoms with Gasteiger partial charge in [-0.3, -0.25) is 0 Å². The average molecular weight is 298 g/mol. The molecule has 0 aromatic carbocycles. The van der Waals surface area contributed by atoms with Crippen LogP contribution in [0.3, 0.4) is 0 Å². The van der Waals surface area contributed by atoms with Gasteiger partial charge in [-0.2, -0.15) is 9.78 Å². The maximum absolute atomic E-state index is 4.46. The van der Waals surface area contributed by atoms with Crippen molar-refractivity contribution in [3.05, 3.63) is 10.8 Å². The predicted octanol–water partition coefficient (Wildman–Crippen LogP) is 2.06. The van der Waals surface area contributed by atoms with E-state index < -0.39 is 0 Å². The highest BCUT2D eigenvalue weighted by molar-refractivity contribution is 8.00. The molecule has 1 aliphatic rings. The molecule has 3 rings (SSSR count). The molecule has 6 nitrogen and oxygen atoms in total. The molecule has 0 amide bonds. The third kappa shape index (κ3) is 2.43. The van der Waals surface area contributed by atoms with E-state index in [1.807, 2.05) is 18.5 Å². The van der Waals surface area contributed by atoms with Crippen LogP contribution in [0.2, 0.25) is 0 Å². The molecular formula is C9H10N6S3. The number of hydrogen-bond acceptors (Lipinski definition) is 8. The van der Waals surface area contributed by atoms with Gasteiger partial charge in [0, 0.05) is 11.5 Å². The lowest BCUT2D eigenvalue weighted by atomic mass is 10.5. The largest absolute Gasteiger partial charge is 0.212 e. The molecule has 2 aromatic rings. The molecule has 2 aromatic heterocycles. The molecule has 0 bridgehead atoms. The van der Waals surface area contributed by atoms with Crippen molar-refractivity contribution in [2.24, 2.45) is 5.10 Å². The van der Waals surface area contributed by atoms with Crippen molar-refractivity contribution in [3.63, 3.8) is 0 Å². The third-order valence-electron chi connectivity index (χ3n) is 2.19. The van der Waals surface area contributed by atoms with E-state index in [0.717, 1.165) is 31.8 Å². The van der Waals surface area contributed by atoms with Gasteiger partial charge in [-0.1, -0.05) is 34.9 Å². The Hall–Kier alpha value is -0.930. The number of aromatic nitrogens is 5. The molecule has 0 aliphatic carbocycles. The molecule has 94 valence electrons. The second kappa shape index (κ2) is 4.98. The molecule has 9 heteroatoms. The number of fused-ring (bicyclic) bond motifs is 1. The van der Waals surface area contributed by atoms with Gasteiger partial charge in [0.15, 0.2) is 10.2 Å². The molecule has 0 saturated heterocycles. The Labute approximate surface area is 116 Å². The molecule has 18 heavy (non-hydrogen) atoms. The smallest absolute Gasteiger partial charge is 0.191 e. The molecule has 1 aliphatic heterocycles. The molecule has 0 radical (unpaired) electrons. The lowest BCUT2D eigenvalue weighted by Crippen LogP contribution is -2.09. The van der Waals surface area contributed by atoms with E-state index in [1.165, 1.54) is 0 Å². The minimum atomic E-state index is 0.707. The van der Waals surface area contributed by atoms with Crippen LogP contribution in [-0.2, 0) is 5.75 Å². The number of aryl methyl sites for hydroxylation is 1. The van der Waals surface area contributed by atoms with Gasteiger partial charge in [0.05, 0.1) is 5.75 Å². The van der Waals surface area contributed by atoms with Crippen LogP contribution in [0.15, 0.2) is 14.6 Å². The van der Waals surface area contributed by atoms with Crippen LogP contribution in [-0.4, -0.2) is 36.5 Å². The van der Waals surface area contributed by atoms with Gasteiger partial charge in [-0.15, -0.1) is 20.4 Å². The summed E-state index contributed by atoms with van der Waals surface area (Å²) in [6.45, 7) is 3.96. The van der Waals surface area contributed by atoms with Crippen molar-refractivity contribution < 1.29 is 0 Å². The molecule has 0 unspecified atom stereocenters. The summed E-state index contributed by atoms with van der Waals surface area (Å²) in [6.07, 6.45) is 0. The van der Waals surface area contributed by atoms with E-state index in [9.17, 15) is 0 Å². The Balaban J connectivity index is 1.76. The first-order chi connectivity index (χ1) is 8.72. The lowest BCUT2D eigenvalue weighted by Gasteiger charge is -2.09. The first-order valence-corrected chi connectivity index (χ1v) is 8.05. The normalized spacial score (nSPS) is 14.4. The van der Waals surface area contributed by atoms with E-state index in [1.54, 1.807) is 34.9 Å². The lowest BCUT2D eigenvalue weighted by molar-refractivity contribution is 0.730. The third-order valence-corrected chi connectivity index (χ3v) is 5.23. The molecule has 3 heterocycles. The summed E-state index contributed by atoms with van der Waals surface area (Å²) in [5, 5.41) is 22.7. The van der Waals surface area contributed by atoms with Gasteiger partial charge >= 0.3 is 0 Å². The van der Waals surface area contributed by atoms with E-state index >= 15 is 0 Å². The molecule has 0 N–H and O–H groups in total. The summed E-state index contributed by atoms with van der Waals surface area (Å²) in [5.41, 5.74) is 1.09. The molecular weight excluding hydrogens is 288 g/mol. The molecule has 0 atom stereocenters. The fourth-order valence-corrected chi connectivity index (χ4v) is 3.89. The predicted molar refractivity (Wildman–Crippen MR) is 73.5 cm³/mol. The summed E-state index contributed by atoms with van der Waals surface area (Å²) >= 11 is 4.87. The molecule has 0 spiro atoms. The summed E-state index contributed by atoms with van der Waals surface area (Å²) in [5.74, 6) is 2.45. The molecule has 0 fully saturated rings. The highest BCUT2D eigenvalue weighted by Crippen LogP contribution is 2.27. The summed E-state index contributed by atoms with van der Waals surface area (Å²) in [7, 11) is 0. The maximum Gasteiger partial charge on any atom is 0.212 e. The Morgan fingerprint density at radius 2 is 2.11 bits per heavy atom. The SMILES string of the molecule is CC1=Nn2c(CSc3nnc(C)s3)nnc2SC1. The van der Waals surface area contributed by atoms with Crippen LogP contribution in [0, 0.1) is 6.92 Å². The van der Waals surface area contributed by atoms with Gasteiger partial charge in [0.1, 0.15) is 5.01 Å². The Morgan fingerprint density at radius 3 is 2.89 bits per heavy atom. The van der Waals surface area contributed by atoms with Crippen molar-refractivity contribution in [2.75, 3.05) is 5.75 Å². The van der Waals surface area contributed by atoms with Gasteiger partial charge in [0.2, 0.25) is 5.16 Å². The number of nitrogens with zero attached hydrogens (tertiary/aromatic N) is 6. The van der Waals surface area contributed by atoms with Crippen LogP contribution in [0.4, 0.5) is 0 Å². The minimum Gasteiger partial charge on any atom is -0.191 e. The fourth-order valence-electron chi connectivity index (χ4n) is 1.41. The van der Waals surface area contributed by atoms with E-state index in [4.69, 9.17) is 0 Å². The monoisotopic (exact) mass is 298 g/mol. The van der Waals surface area contributed by atoms with Crippen molar-refractivity contribution in [1.29, 1.82) is 0 Å². The van der Waals surface area contributed by atoms with Crippen molar-refractivity contribution in [1.82, 2.24) is 25.1 Å². The maximum atomic E-state index is 4.46. The second-order valence-corrected chi connectivity index (χ2v) is 7.06. The topological polar surface area (TPSA) is 68.8 Å². The van der Waals surface area contributed by atoms with E-state index in [-0.39, 0.29) is 0 Å². The van der Waals surface area contributed by atoms with Crippen LogP contribution in [0.5, 0.6) is 0 Å². The zero-order chi connectivity index (χ0) is 12.5. The van der Waals surface area contributed by atoms with Gasteiger partial charge in [-0.25, -0.2) is 0 Å². The van der Waals surface area contributed by atoms with Gasteiger partial charge in [-0.05, 0) is 13.8 Å². The highest BCUT2D eigenvalue weighted by atomic mass is 32.2. The zero-order valence-electron chi connectivity index (χ0n) is 9.82. The number of rotatable bonds is 3. The standard InChI is InChI=1S/C9H10N6S3/c1-5-3-16-8-12-11-7(15(8)14-5)4-17-9-13-10-6(2)18-9/h3-4H2,1-2H3. The van der Waals surface area contributed by atoms with Gasteiger partial charge in [0.25, 0.3) is 0 Å². The highest BCUT2D eigenvalue weighted by Gasteiger charge is 2.17. The van der Waals surface area contributed by atoms with E-state index in [2.05, 4.69) is 25.5 Å². The Bertz CT molecular complexity index is 601. The van der Waals surface area contributed by atoms with Gasteiger partial charge < -0.3 is 0 Å². The van der Waals surface area contributed by atoms with Crippen molar-refractivity contribution >= 4 is 40.6 Å². The fraction of sp³-hybridized carbons (Fsp3) is 0.444. The number of hydrogen-bond donors (Lipinski definition) is 0. The second-order valence-electron chi connectivity index (χ2n) is 3.71. The summed E-state index contributed by atoms with van der Waals surface area (Å²) in [6, 6.07) is 0. The quantitative estimate of drug-likeness (QED) is 0.808. The Morgan fingerprint density at radius 1 is 1.22 bits per heavy atom. The number of thioether (sulfide) groups is 2. The van der Waals surface area contributed by atoms with Crippen LogP contribution in [0.1, 0.15) is 17.8 Å². The van der Waals surface area contributed by atoms with Crippen molar-refractivity contribution in [3.8, 4) is 0 Å². The summed E-state index contributed by atoms with van der Waals surface area (Å²) in [4.78, 5) is 0. The first-order valence-electron chi connectivity index (χ1n) is 5.27. The van der Waals surface area contributed by atoms with Crippen molar-refractivity contribution in [2.45, 2.75) is 29.1 Å². The van der Waals surface area contributed by atoms with Crippen LogP contribution >= 0.6 is 34.9 Å².